The molecule has 158 valence electrons. The maximum atomic E-state index is 12.4. The van der Waals surface area contributed by atoms with E-state index < -0.39 is 12.1 Å². The second-order valence-corrected chi connectivity index (χ2v) is 7.10. The van der Waals surface area contributed by atoms with Gasteiger partial charge in [0.15, 0.2) is 0 Å². The molecule has 1 fully saturated rings. The Bertz CT molecular complexity index is 897. The molecular weight excluding hydrogens is 386 g/mol. The number of nitro benzene ring substituents is 1. The maximum Gasteiger partial charge on any atom is 0.321 e. The first-order valence-corrected chi connectivity index (χ1v) is 9.80. The number of para-hydroxylation sites is 2. The van der Waals surface area contributed by atoms with Gasteiger partial charge in [-0.05, 0) is 18.6 Å². The standard InChI is InChI=1S/C21H25N5O4/c1-16(20(27)23-21(28)22-15-17-7-3-2-4-8-17)24-11-13-25(14-12-24)18-9-5-6-10-19(18)26(29)30/h2-10,16H,11-15H2,1H3,(H2,22,23,27,28)/t16-/m1/s1. The fourth-order valence-electron chi connectivity index (χ4n) is 3.44. The third kappa shape index (κ3) is 5.32. The molecule has 0 aliphatic carbocycles. The predicted molar refractivity (Wildman–Crippen MR) is 113 cm³/mol. The van der Waals surface area contributed by atoms with Crippen LogP contribution in [0.1, 0.15) is 12.5 Å². The molecule has 9 nitrogen and oxygen atoms in total. The number of hydrogen-bond acceptors (Lipinski definition) is 6. The predicted octanol–water partition coefficient (Wildman–Crippen LogP) is 2.13. The minimum atomic E-state index is -0.533. The number of nitrogens with zero attached hydrogens (tertiary/aromatic N) is 3. The normalized spacial score (nSPS) is 15.3. The summed E-state index contributed by atoms with van der Waals surface area (Å²) in [5, 5.41) is 16.3. The van der Waals surface area contributed by atoms with Crippen molar-refractivity contribution in [3.05, 3.63) is 70.3 Å². The lowest BCUT2D eigenvalue weighted by Gasteiger charge is -2.38. The molecule has 2 aromatic carbocycles. The van der Waals surface area contributed by atoms with Crippen LogP contribution in [0.5, 0.6) is 0 Å². The Balaban J connectivity index is 1.48. The van der Waals surface area contributed by atoms with Crippen LogP contribution in [-0.4, -0.2) is 54.0 Å². The van der Waals surface area contributed by atoms with Gasteiger partial charge in [0.25, 0.3) is 5.69 Å². The monoisotopic (exact) mass is 411 g/mol. The van der Waals surface area contributed by atoms with E-state index in [0.29, 0.717) is 38.4 Å². The highest BCUT2D eigenvalue weighted by atomic mass is 16.6. The third-order valence-electron chi connectivity index (χ3n) is 5.19. The van der Waals surface area contributed by atoms with Crippen molar-refractivity contribution in [1.29, 1.82) is 0 Å². The Hall–Kier alpha value is -3.46. The first kappa shape index (κ1) is 21.3. The van der Waals surface area contributed by atoms with Gasteiger partial charge in [-0.2, -0.15) is 0 Å². The molecule has 0 radical (unpaired) electrons. The number of nitro groups is 1. The molecule has 2 aromatic rings. The number of carbonyl (C=O) groups excluding carboxylic acids is 2. The van der Waals surface area contributed by atoms with Crippen LogP contribution in [0.15, 0.2) is 54.6 Å². The highest BCUT2D eigenvalue weighted by Crippen LogP contribution is 2.28. The molecule has 3 amide bonds. The number of carbonyl (C=O) groups is 2. The third-order valence-corrected chi connectivity index (χ3v) is 5.19. The van der Waals surface area contributed by atoms with Crippen molar-refractivity contribution in [2.45, 2.75) is 19.5 Å². The molecule has 30 heavy (non-hydrogen) atoms. The quantitative estimate of drug-likeness (QED) is 0.557. The summed E-state index contributed by atoms with van der Waals surface area (Å²) in [4.78, 5) is 39.2. The van der Waals surface area contributed by atoms with Crippen molar-refractivity contribution in [2.24, 2.45) is 0 Å². The van der Waals surface area contributed by atoms with Crippen molar-refractivity contribution < 1.29 is 14.5 Å². The van der Waals surface area contributed by atoms with Crippen LogP contribution in [0.3, 0.4) is 0 Å². The first-order valence-electron chi connectivity index (χ1n) is 9.80. The number of hydrogen-bond donors (Lipinski definition) is 2. The lowest BCUT2D eigenvalue weighted by atomic mass is 10.2. The van der Waals surface area contributed by atoms with Crippen LogP contribution in [0.4, 0.5) is 16.2 Å². The van der Waals surface area contributed by atoms with E-state index in [0.717, 1.165) is 5.56 Å². The Morgan fingerprint density at radius 2 is 1.67 bits per heavy atom. The van der Waals surface area contributed by atoms with Crippen molar-refractivity contribution in [1.82, 2.24) is 15.5 Å². The van der Waals surface area contributed by atoms with E-state index >= 15 is 0 Å². The lowest BCUT2D eigenvalue weighted by Crippen LogP contribution is -2.55. The molecular formula is C21H25N5O4. The molecule has 1 heterocycles. The van der Waals surface area contributed by atoms with Gasteiger partial charge < -0.3 is 10.2 Å². The van der Waals surface area contributed by atoms with E-state index in [9.17, 15) is 19.7 Å². The average molecular weight is 411 g/mol. The number of rotatable bonds is 6. The summed E-state index contributed by atoms with van der Waals surface area (Å²) in [5.74, 6) is -0.375. The second kappa shape index (κ2) is 9.84. The summed E-state index contributed by atoms with van der Waals surface area (Å²) in [6, 6.07) is 15.1. The van der Waals surface area contributed by atoms with Crippen LogP contribution in [0.25, 0.3) is 0 Å². The smallest absolute Gasteiger partial charge is 0.321 e. The van der Waals surface area contributed by atoms with E-state index in [2.05, 4.69) is 10.6 Å². The SMILES string of the molecule is C[C@H](C(=O)NC(=O)NCc1ccccc1)N1CCN(c2ccccc2[N+](=O)[O-])CC1. The van der Waals surface area contributed by atoms with Gasteiger partial charge in [-0.3, -0.25) is 25.1 Å². The zero-order valence-corrected chi connectivity index (χ0v) is 16.8. The first-order chi connectivity index (χ1) is 14.5. The van der Waals surface area contributed by atoms with Crippen molar-refractivity contribution in [2.75, 3.05) is 31.1 Å². The van der Waals surface area contributed by atoms with Crippen LogP contribution in [0, 0.1) is 10.1 Å². The number of nitrogens with one attached hydrogen (secondary N) is 2. The molecule has 1 aliphatic heterocycles. The molecule has 0 spiro atoms. The van der Waals surface area contributed by atoms with Crippen LogP contribution in [-0.2, 0) is 11.3 Å². The Labute approximate surface area is 174 Å². The molecule has 0 bridgehead atoms. The number of benzene rings is 2. The molecule has 1 aliphatic rings. The average Bonchev–Trinajstić information content (AvgIpc) is 2.78. The second-order valence-electron chi connectivity index (χ2n) is 7.10. The Morgan fingerprint density at radius 3 is 2.33 bits per heavy atom. The number of piperazine rings is 1. The maximum absolute atomic E-state index is 12.4. The highest BCUT2D eigenvalue weighted by molar-refractivity contribution is 5.96. The van der Waals surface area contributed by atoms with Gasteiger partial charge >= 0.3 is 6.03 Å². The van der Waals surface area contributed by atoms with Crippen molar-refractivity contribution in [3.63, 3.8) is 0 Å². The Morgan fingerprint density at radius 1 is 1.03 bits per heavy atom. The van der Waals surface area contributed by atoms with E-state index in [-0.39, 0.29) is 16.5 Å². The molecule has 0 aromatic heterocycles. The van der Waals surface area contributed by atoms with E-state index in [1.807, 2.05) is 40.1 Å². The van der Waals surface area contributed by atoms with E-state index in [1.54, 1.807) is 25.1 Å². The highest BCUT2D eigenvalue weighted by Gasteiger charge is 2.28. The summed E-state index contributed by atoms with van der Waals surface area (Å²) < 4.78 is 0. The van der Waals surface area contributed by atoms with Crippen LogP contribution < -0.4 is 15.5 Å². The van der Waals surface area contributed by atoms with Crippen molar-refractivity contribution in [3.8, 4) is 0 Å². The minimum absolute atomic E-state index is 0.0758. The molecule has 9 heteroatoms. The van der Waals surface area contributed by atoms with Gasteiger partial charge in [-0.1, -0.05) is 42.5 Å². The Kier molecular flexibility index (Phi) is 6.97. The van der Waals surface area contributed by atoms with Gasteiger partial charge in [0.2, 0.25) is 5.91 Å². The number of anilines is 1. The van der Waals surface area contributed by atoms with Gasteiger partial charge in [0, 0.05) is 38.8 Å². The largest absolute Gasteiger partial charge is 0.363 e. The molecule has 3 rings (SSSR count). The summed E-state index contributed by atoms with van der Waals surface area (Å²) in [6.45, 7) is 4.33. The summed E-state index contributed by atoms with van der Waals surface area (Å²) in [5.41, 5.74) is 1.60. The van der Waals surface area contributed by atoms with Crippen LogP contribution >= 0.6 is 0 Å². The number of urea groups is 1. The van der Waals surface area contributed by atoms with Crippen LogP contribution in [0.2, 0.25) is 0 Å². The summed E-state index contributed by atoms with van der Waals surface area (Å²) in [6.07, 6.45) is 0. The lowest BCUT2D eigenvalue weighted by molar-refractivity contribution is -0.384. The molecule has 0 saturated carbocycles. The topological polar surface area (TPSA) is 108 Å². The zero-order valence-electron chi connectivity index (χ0n) is 16.8. The summed E-state index contributed by atoms with van der Waals surface area (Å²) >= 11 is 0. The van der Waals surface area contributed by atoms with Gasteiger partial charge in [0.1, 0.15) is 5.69 Å². The minimum Gasteiger partial charge on any atom is -0.363 e. The van der Waals surface area contributed by atoms with E-state index in [4.69, 9.17) is 0 Å². The number of amides is 3. The fourth-order valence-corrected chi connectivity index (χ4v) is 3.44. The van der Waals surface area contributed by atoms with Gasteiger partial charge in [-0.15, -0.1) is 0 Å². The fraction of sp³-hybridized carbons (Fsp3) is 0.333. The summed E-state index contributed by atoms with van der Waals surface area (Å²) in [7, 11) is 0. The zero-order chi connectivity index (χ0) is 21.5. The van der Waals surface area contributed by atoms with E-state index in [1.165, 1.54) is 6.07 Å². The molecule has 2 N–H and O–H groups in total. The molecule has 0 unspecified atom stereocenters. The molecule has 1 saturated heterocycles. The van der Waals surface area contributed by atoms with Gasteiger partial charge in [0.05, 0.1) is 11.0 Å². The van der Waals surface area contributed by atoms with Gasteiger partial charge in [-0.25, -0.2) is 4.79 Å². The van der Waals surface area contributed by atoms with Crippen molar-refractivity contribution >= 4 is 23.3 Å². The number of imide groups is 1. The molecule has 1 atom stereocenters.